The minimum absolute atomic E-state index is 0.0842. The van der Waals surface area contributed by atoms with Gasteiger partial charge in [0.1, 0.15) is 0 Å². The zero-order valence-electron chi connectivity index (χ0n) is 18.2. The molecule has 1 fully saturated rings. The lowest BCUT2D eigenvalue weighted by atomic mass is 9.76. The molecule has 0 aliphatic heterocycles. The summed E-state index contributed by atoms with van der Waals surface area (Å²) in [6.45, 7) is 10.0. The fraction of sp³-hybridized carbons (Fsp3) is 0.571. The molecule has 1 aliphatic carbocycles. The zero-order valence-corrected chi connectivity index (χ0v) is 18.2. The Balaban J connectivity index is 1.94. The first-order chi connectivity index (χ1) is 13.9. The second kappa shape index (κ2) is 7.79. The highest BCUT2D eigenvalue weighted by Gasteiger charge is 2.50. The number of fused-ring (bicyclic) bond motifs is 1. The highest BCUT2D eigenvalue weighted by molar-refractivity contribution is 6.02. The molecule has 0 saturated heterocycles. The summed E-state index contributed by atoms with van der Waals surface area (Å²) in [4.78, 5) is 24.1. The molecule has 1 aliphatic rings. The highest BCUT2D eigenvalue weighted by Crippen LogP contribution is 2.47. The van der Waals surface area contributed by atoms with Gasteiger partial charge in [0.2, 0.25) is 0 Å². The largest absolute Gasteiger partial charge is 0.449 e. The third-order valence-corrected chi connectivity index (χ3v) is 6.19. The van der Waals surface area contributed by atoms with E-state index in [-0.39, 0.29) is 17.5 Å². The molecule has 0 aromatic carbocycles. The Labute approximate surface area is 176 Å². The van der Waals surface area contributed by atoms with Crippen LogP contribution in [0.1, 0.15) is 57.8 Å². The van der Waals surface area contributed by atoms with Crippen molar-refractivity contribution in [1.29, 1.82) is 0 Å². The standard InChI is InChI=1S/C21H31N5O4/c1-12(2)11-30-19(28)24-13-8-15-17(14(18(22)27)9-23-26(15)10-13)25-16-6-7-21(5,29)20(16,3)4/h8-10,12,16,25,29H,6-7,11H2,1-5H3,(H2,22,27)(H,24,28)/t16-,21-/m1/s1. The summed E-state index contributed by atoms with van der Waals surface area (Å²) in [5.41, 5.74) is 6.16. The summed E-state index contributed by atoms with van der Waals surface area (Å²) in [6, 6.07) is 1.62. The fourth-order valence-corrected chi connectivity index (χ4v) is 3.77. The molecule has 9 heteroatoms. The van der Waals surface area contributed by atoms with E-state index in [2.05, 4.69) is 15.7 Å². The van der Waals surface area contributed by atoms with Gasteiger partial charge in [0.05, 0.1) is 47.1 Å². The normalized spacial score (nSPS) is 23.0. The molecule has 0 radical (unpaired) electrons. The second-order valence-electron chi connectivity index (χ2n) is 9.20. The van der Waals surface area contributed by atoms with Crippen molar-refractivity contribution in [3.63, 3.8) is 0 Å². The van der Waals surface area contributed by atoms with Crippen molar-refractivity contribution in [2.24, 2.45) is 17.1 Å². The average Bonchev–Trinajstić information content (AvgIpc) is 3.13. The lowest BCUT2D eigenvalue weighted by Gasteiger charge is -2.38. The number of hydrogen-bond donors (Lipinski definition) is 4. The number of aromatic nitrogens is 2. The number of hydrogen-bond acceptors (Lipinski definition) is 6. The summed E-state index contributed by atoms with van der Waals surface area (Å²) in [6.07, 6.45) is 3.86. The van der Waals surface area contributed by atoms with Crippen LogP contribution in [0.25, 0.3) is 5.52 Å². The van der Waals surface area contributed by atoms with Crippen LogP contribution >= 0.6 is 0 Å². The van der Waals surface area contributed by atoms with Crippen LogP contribution in [-0.4, -0.2) is 45.0 Å². The Morgan fingerprint density at radius 1 is 1.40 bits per heavy atom. The van der Waals surface area contributed by atoms with Crippen LogP contribution < -0.4 is 16.4 Å². The van der Waals surface area contributed by atoms with Gasteiger partial charge in [0.25, 0.3) is 5.91 Å². The number of nitrogens with zero attached hydrogens (tertiary/aromatic N) is 2. The van der Waals surface area contributed by atoms with Crippen LogP contribution in [0.15, 0.2) is 18.5 Å². The van der Waals surface area contributed by atoms with Gasteiger partial charge in [-0.25, -0.2) is 9.31 Å². The van der Waals surface area contributed by atoms with Crippen LogP contribution in [0.4, 0.5) is 16.2 Å². The first-order valence-electron chi connectivity index (χ1n) is 10.2. The van der Waals surface area contributed by atoms with Gasteiger partial charge in [-0.15, -0.1) is 0 Å². The van der Waals surface area contributed by atoms with E-state index in [1.54, 1.807) is 16.8 Å². The van der Waals surface area contributed by atoms with Gasteiger partial charge in [-0.1, -0.05) is 27.7 Å². The molecule has 2 aromatic heterocycles. The molecule has 2 atom stereocenters. The molecule has 3 rings (SSSR count). The molecular formula is C21H31N5O4. The monoisotopic (exact) mass is 417 g/mol. The van der Waals surface area contributed by atoms with Gasteiger partial charge in [-0.05, 0) is 31.7 Å². The summed E-state index contributed by atoms with van der Waals surface area (Å²) in [5, 5.41) is 21.1. The number of aliphatic hydroxyl groups is 1. The molecule has 1 saturated carbocycles. The molecule has 30 heavy (non-hydrogen) atoms. The van der Waals surface area contributed by atoms with Crippen molar-refractivity contribution in [2.75, 3.05) is 17.2 Å². The van der Waals surface area contributed by atoms with Crippen molar-refractivity contribution >= 4 is 28.9 Å². The predicted molar refractivity (Wildman–Crippen MR) is 115 cm³/mol. The van der Waals surface area contributed by atoms with Gasteiger partial charge < -0.3 is 20.9 Å². The summed E-state index contributed by atoms with van der Waals surface area (Å²) >= 11 is 0. The van der Waals surface area contributed by atoms with E-state index in [4.69, 9.17) is 10.5 Å². The Bertz CT molecular complexity index is 964. The van der Waals surface area contributed by atoms with Crippen molar-refractivity contribution < 1.29 is 19.4 Å². The lowest BCUT2D eigenvalue weighted by molar-refractivity contribution is -0.0283. The van der Waals surface area contributed by atoms with Crippen LogP contribution in [0.2, 0.25) is 0 Å². The minimum Gasteiger partial charge on any atom is -0.449 e. The van der Waals surface area contributed by atoms with Gasteiger partial charge >= 0.3 is 6.09 Å². The van der Waals surface area contributed by atoms with E-state index in [0.29, 0.717) is 29.9 Å². The Morgan fingerprint density at radius 3 is 2.67 bits per heavy atom. The van der Waals surface area contributed by atoms with E-state index in [9.17, 15) is 14.7 Å². The van der Waals surface area contributed by atoms with E-state index < -0.39 is 23.0 Å². The zero-order chi connectivity index (χ0) is 22.3. The number of ether oxygens (including phenoxy) is 1. The number of carbonyl (C=O) groups excluding carboxylic acids is 2. The lowest BCUT2D eigenvalue weighted by Crippen LogP contribution is -2.45. The Kier molecular flexibility index (Phi) is 5.68. The van der Waals surface area contributed by atoms with Crippen LogP contribution in [0.3, 0.4) is 0 Å². The molecular weight excluding hydrogens is 386 g/mol. The Morgan fingerprint density at radius 2 is 2.10 bits per heavy atom. The van der Waals surface area contributed by atoms with E-state index in [1.807, 2.05) is 34.6 Å². The highest BCUT2D eigenvalue weighted by atomic mass is 16.5. The minimum atomic E-state index is -0.838. The van der Waals surface area contributed by atoms with Gasteiger partial charge in [0, 0.05) is 11.5 Å². The summed E-state index contributed by atoms with van der Waals surface area (Å²) < 4.78 is 6.72. The summed E-state index contributed by atoms with van der Waals surface area (Å²) in [5.74, 6) is -0.381. The molecule has 2 heterocycles. The maximum Gasteiger partial charge on any atom is 0.411 e. The maximum atomic E-state index is 12.1. The van der Waals surface area contributed by atoms with Crippen molar-refractivity contribution in [3.05, 3.63) is 24.0 Å². The second-order valence-corrected chi connectivity index (χ2v) is 9.20. The molecule has 164 valence electrons. The number of rotatable bonds is 6. The predicted octanol–water partition coefficient (Wildman–Crippen LogP) is 2.99. The van der Waals surface area contributed by atoms with Gasteiger partial charge in [-0.2, -0.15) is 5.10 Å². The first-order valence-corrected chi connectivity index (χ1v) is 10.2. The number of carbonyl (C=O) groups is 2. The maximum absolute atomic E-state index is 12.1. The molecule has 0 bridgehead atoms. The van der Waals surface area contributed by atoms with Gasteiger partial charge in [-0.3, -0.25) is 10.1 Å². The number of amides is 2. The summed E-state index contributed by atoms with van der Waals surface area (Å²) in [7, 11) is 0. The van der Waals surface area contributed by atoms with E-state index in [0.717, 1.165) is 6.42 Å². The third-order valence-electron chi connectivity index (χ3n) is 6.19. The van der Waals surface area contributed by atoms with Gasteiger partial charge in [0.15, 0.2) is 0 Å². The average molecular weight is 418 g/mol. The number of primary amides is 1. The molecule has 9 nitrogen and oxygen atoms in total. The Hall–Kier alpha value is -2.81. The SMILES string of the molecule is CC(C)COC(=O)Nc1cc2c(N[C@@H]3CC[C@@](C)(O)C3(C)C)c(C(N)=O)cnn2c1. The van der Waals surface area contributed by atoms with E-state index in [1.165, 1.54) is 6.20 Å². The first kappa shape index (κ1) is 21.9. The smallest absolute Gasteiger partial charge is 0.411 e. The molecule has 0 spiro atoms. The van der Waals surface area contributed by atoms with Crippen LogP contribution in [0, 0.1) is 11.3 Å². The number of nitrogens with two attached hydrogens (primary N) is 1. The quantitative estimate of drug-likeness (QED) is 0.571. The van der Waals surface area contributed by atoms with Crippen molar-refractivity contribution in [2.45, 2.75) is 59.1 Å². The number of anilines is 2. The topological polar surface area (TPSA) is 131 Å². The van der Waals surface area contributed by atoms with Crippen molar-refractivity contribution in [3.8, 4) is 0 Å². The number of nitrogens with one attached hydrogen (secondary N) is 2. The molecule has 2 amide bonds. The third kappa shape index (κ3) is 4.07. The molecule has 0 unspecified atom stereocenters. The van der Waals surface area contributed by atoms with Crippen LogP contribution in [-0.2, 0) is 4.74 Å². The van der Waals surface area contributed by atoms with Crippen molar-refractivity contribution in [1.82, 2.24) is 9.61 Å². The molecule has 2 aromatic rings. The van der Waals surface area contributed by atoms with Crippen LogP contribution in [0.5, 0.6) is 0 Å². The van der Waals surface area contributed by atoms with E-state index >= 15 is 0 Å². The fourth-order valence-electron chi connectivity index (χ4n) is 3.77. The molecule has 5 N–H and O–H groups in total.